The van der Waals surface area contributed by atoms with E-state index in [0.29, 0.717) is 13.2 Å². The lowest BCUT2D eigenvalue weighted by Crippen LogP contribution is -2.44. The molecule has 1 heterocycles. The number of halogens is 1. The van der Waals surface area contributed by atoms with E-state index in [1.807, 2.05) is 26.0 Å². The third-order valence-electron chi connectivity index (χ3n) is 4.41. The fourth-order valence-corrected chi connectivity index (χ4v) is 3.18. The standard InChI is InChI=1S/C18H27ClN2O2/c1-18(2,13-23-3)17(22)20-12-16(21-10-4-5-11-21)14-6-8-15(19)9-7-14/h6-9,16H,4-5,10-13H2,1-3H3,(H,20,22)/t16-/m1/s1. The van der Waals surface area contributed by atoms with E-state index in [-0.39, 0.29) is 11.9 Å². The van der Waals surface area contributed by atoms with Crippen LogP contribution in [0.15, 0.2) is 24.3 Å². The first kappa shape index (κ1) is 18.2. The second-order valence-corrected chi connectivity index (χ2v) is 7.27. The van der Waals surface area contributed by atoms with Crippen LogP contribution in [0.2, 0.25) is 5.02 Å². The summed E-state index contributed by atoms with van der Waals surface area (Å²) in [7, 11) is 1.62. The number of nitrogens with zero attached hydrogens (tertiary/aromatic N) is 1. The van der Waals surface area contributed by atoms with E-state index in [1.165, 1.54) is 18.4 Å². The summed E-state index contributed by atoms with van der Waals surface area (Å²) in [4.78, 5) is 14.9. The Kier molecular flexibility index (Phi) is 6.45. The van der Waals surface area contributed by atoms with E-state index < -0.39 is 5.41 Å². The van der Waals surface area contributed by atoms with Crippen LogP contribution < -0.4 is 5.32 Å². The van der Waals surface area contributed by atoms with Gasteiger partial charge in [-0.2, -0.15) is 0 Å². The van der Waals surface area contributed by atoms with Crippen molar-refractivity contribution in [1.29, 1.82) is 0 Å². The minimum atomic E-state index is -0.524. The molecular weight excluding hydrogens is 312 g/mol. The van der Waals surface area contributed by atoms with E-state index in [4.69, 9.17) is 16.3 Å². The van der Waals surface area contributed by atoms with Gasteiger partial charge in [-0.05, 0) is 57.5 Å². The van der Waals surface area contributed by atoms with Crippen molar-refractivity contribution in [2.75, 3.05) is 33.4 Å². The predicted octanol–water partition coefficient (Wildman–Crippen LogP) is 3.27. The molecule has 0 aliphatic carbocycles. The molecule has 1 aliphatic heterocycles. The molecule has 1 aromatic carbocycles. The Morgan fingerprint density at radius 3 is 2.48 bits per heavy atom. The maximum atomic E-state index is 12.4. The second-order valence-electron chi connectivity index (χ2n) is 6.84. The van der Waals surface area contributed by atoms with Crippen LogP contribution in [0.25, 0.3) is 0 Å². The molecule has 2 rings (SSSR count). The van der Waals surface area contributed by atoms with Crippen LogP contribution in [-0.2, 0) is 9.53 Å². The van der Waals surface area contributed by atoms with Crippen molar-refractivity contribution in [1.82, 2.24) is 10.2 Å². The van der Waals surface area contributed by atoms with Crippen molar-refractivity contribution >= 4 is 17.5 Å². The van der Waals surface area contributed by atoms with Gasteiger partial charge in [0, 0.05) is 18.7 Å². The van der Waals surface area contributed by atoms with Gasteiger partial charge in [-0.1, -0.05) is 23.7 Å². The lowest BCUT2D eigenvalue weighted by Gasteiger charge is -2.30. The summed E-state index contributed by atoms with van der Waals surface area (Å²) in [5.74, 6) is 0.0255. The van der Waals surface area contributed by atoms with Crippen molar-refractivity contribution in [3.8, 4) is 0 Å². The zero-order valence-electron chi connectivity index (χ0n) is 14.3. The van der Waals surface area contributed by atoms with Gasteiger partial charge in [-0.25, -0.2) is 0 Å². The predicted molar refractivity (Wildman–Crippen MR) is 93.7 cm³/mol. The van der Waals surface area contributed by atoms with Gasteiger partial charge >= 0.3 is 0 Å². The third kappa shape index (κ3) is 4.93. The highest BCUT2D eigenvalue weighted by atomic mass is 35.5. The topological polar surface area (TPSA) is 41.6 Å². The van der Waals surface area contributed by atoms with Crippen molar-refractivity contribution in [2.45, 2.75) is 32.7 Å². The van der Waals surface area contributed by atoms with Crippen LogP contribution in [0, 0.1) is 5.41 Å². The Morgan fingerprint density at radius 1 is 1.30 bits per heavy atom. The summed E-state index contributed by atoms with van der Waals surface area (Å²) < 4.78 is 5.15. The lowest BCUT2D eigenvalue weighted by molar-refractivity contribution is -0.132. The first-order chi connectivity index (χ1) is 10.9. The summed E-state index contributed by atoms with van der Waals surface area (Å²) in [5, 5.41) is 3.84. The quantitative estimate of drug-likeness (QED) is 0.829. The van der Waals surface area contributed by atoms with Crippen LogP contribution in [0.5, 0.6) is 0 Å². The van der Waals surface area contributed by atoms with Crippen LogP contribution >= 0.6 is 11.6 Å². The summed E-state index contributed by atoms with van der Waals surface area (Å²) in [6.07, 6.45) is 2.43. The van der Waals surface area contributed by atoms with Gasteiger partial charge in [-0.3, -0.25) is 9.69 Å². The maximum absolute atomic E-state index is 12.4. The van der Waals surface area contributed by atoms with Crippen LogP contribution in [0.3, 0.4) is 0 Å². The Morgan fingerprint density at radius 2 is 1.91 bits per heavy atom. The Labute approximate surface area is 144 Å². The zero-order chi connectivity index (χ0) is 16.9. The fraction of sp³-hybridized carbons (Fsp3) is 0.611. The molecular formula is C18H27ClN2O2. The van der Waals surface area contributed by atoms with E-state index in [1.54, 1.807) is 7.11 Å². The molecule has 1 N–H and O–H groups in total. The maximum Gasteiger partial charge on any atom is 0.228 e. The summed E-state index contributed by atoms with van der Waals surface area (Å²) >= 11 is 6.00. The molecule has 1 aliphatic rings. The molecule has 1 saturated heterocycles. The highest BCUT2D eigenvalue weighted by Crippen LogP contribution is 2.26. The highest BCUT2D eigenvalue weighted by Gasteiger charge is 2.29. The smallest absolute Gasteiger partial charge is 0.228 e. The van der Waals surface area contributed by atoms with Gasteiger partial charge in [0.25, 0.3) is 0 Å². The molecule has 4 nitrogen and oxygen atoms in total. The number of hydrogen-bond acceptors (Lipinski definition) is 3. The first-order valence-corrected chi connectivity index (χ1v) is 8.58. The van der Waals surface area contributed by atoms with Crippen LogP contribution in [-0.4, -0.2) is 44.2 Å². The van der Waals surface area contributed by atoms with Crippen molar-refractivity contribution < 1.29 is 9.53 Å². The molecule has 128 valence electrons. The number of rotatable bonds is 7. The van der Waals surface area contributed by atoms with Gasteiger partial charge in [0.1, 0.15) is 0 Å². The number of methoxy groups -OCH3 is 1. The second kappa shape index (κ2) is 8.13. The molecule has 0 aromatic heterocycles. The average molecular weight is 339 g/mol. The number of likely N-dealkylation sites (tertiary alicyclic amines) is 1. The van der Waals surface area contributed by atoms with E-state index in [0.717, 1.165) is 18.1 Å². The van der Waals surface area contributed by atoms with Gasteiger partial charge < -0.3 is 10.1 Å². The summed E-state index contributed by atoms with van der Waals surface area (Å²) in [5.41, 5.74) is 0.672. The largest absolute Gasteiger partial charge is 0.384 e. The van der Waals surface area contributed by atoms with E-state index in [9.17, 15) is 4.79 Å². The van der Waals surface area contributed by atoms with E-state index >= 15 is 0 Å². The highest BCUT2D eigenvalue weighted by molar-refractivity contribution is 6.30. The number of hydrogen-bond donors (Lipinski definition) is 1. The molecule has 1 aromatic rings. The molecule has 1 atom stereocenters. The van der Waals surface area contributed by atoms with Gasteiger partial charge in [-0.15, -0.1) is 0 Å². The molecule has 0 bridgehead atoms. The summed E-state index contributed by atoms with van der Waals surface area (Å²) in [6, 6.07) is 8.13. The van der Waals surface area contributed by atoms with Crippen LogP contribution in [0.1, 0.15) is 38.3 Å². The Hall–Kier alpha value is -1.10. The molecule has 5 heteroatoms. The summed E-state index contributed by atoms with van der Waals surface area (Å²) in [6.45, 7) is 6.97. The molecule has 23 heavy (non-hydrogen) atoms. The van der Waals surface area contributed by atoms with Gasteiger partial charge in [0.2, 0.25) is 5.91 Å². The molecule has 1 amide bonds. The fourth-order valence-electron chi connectivity index (χ4n) is 3.05. The number of benzene rings is 1. The average Bonchev–Trinajstić information content (AvgIpc) is 3.03. The molecule has 0 spiro atoms. The van der Waals surface area contributed by atoms with Crippen molar-refractivity contribution in [2.24, 2.45) is 5.41 Å². The molecule has 1 fully saturated rings. The Bertz CT molecular complexity index is 510. The SMILES string of the molecule is COCC(C)(C)C(=O)NC[C@H](c1ccc(Cl)cc1)N1CCCC1. The minimum absolute atomic E-state index is 0.0255. The van der Waals surface area contributed by atoms with E-state index in [2.05, 4.69) is 22.3 Å². The molecule has 0 saturated carbocycles. The minimum Gasteiger partial charge on any atom is -0.384 e. The van der Waals surface area contributed by atoms with Crippen LogP contribution in [0.4, 0.5) is 0 Å². The lowest BCUT2D eigenvalue weighted by atomic mass is 9.93. The Balaban J connectivity index is 2.06. The monoisotopic (exact) mass is 338 g/mol. The number of amides is 1. The number of carbonyl (C=O) groups is 1. The normalized spacial score (nSPS) is 17.2. The zero-order valence-corrected chi connectivity index (χ0v) is 15.0. The van der Waals surface area contributed by atoms with Gasteiger partial charge in [0.05, 0.1) is 18.1 Å². The molecule has 0 unspecified atom stereocenters. The number of nitrogens with one attached hydrogen (secondary N) is 1. The van der Waals surface area contributed by atoms with Crippen molar-refractivity contribution in [3.63, 3.8) is 0 Å². The number of carbonyl (C=O) groups excluding carboxylic acids is 1. The first-order valence-electron chi connectivity index (χ1n) is 8.21. The third-order valence-corrected chi connectivity index (χ3v) is 4.66. The number of ether oxygens (including phenoxy) is 1. The molecule has 0 radical (unpaired) electrons. The van der Waals surface area contributed by atoms with Crippen molar-refractivity contribution in [3.05, 3.63) is 34.9 Å². The van der Waals surface area contributed by atoms with Gasteiger partial charge in [0.15, 0.2) is 0 Å².